The van der Waals surface area contributed by atoms with Crippen LogP contribution in [0.5, 0.6) is 5.75 Å². The number of imidazole rings is 1. The highest BCUT2D eigenvalue weighted by Crippen LogP contribution is 2.25. The first-order valence-corrected chi connectivity index (χ1v) is 12.3. The van der Waals surface area contributed by atoms with Crippen molar-refractivity contribution in [2.75, 3.05) is 0 Å². The van der Waals surface area contributed by atoms with Crippen molar-refractivity contribution in [3.63, 3.8) is 0 Å². The Morgan fingerprint density at radius 2 is 1.78 bits per heavy atom. The normalized spacial score (nSPS) is 11.6. The van der Waals surface area contributed by atoms with Gasteiger partial charge in [-0.25, -0.2) is 14.4 Å². The van der Waals surface area contributed by atoms with Gasteiger partial charge in [0.2, 0.25) is 0 Å². The maximum absolute atomic E-state index is 13.4. The molecule has 0 aliphatic heterocycles. The van der Waals surface area contributed by atoms with Crippen LogP contribution in [-0.4, -0.2) is 19.5 Å². The molecule has 5 nitrogen and oxygen atoms in total. The Kier molecular flexibility index (Phi) is 5.75. The molecule has 3 heterocycles. The van der Waals surface area contributed by atoms with Gasteiger partial charge in [-0.1, -0.05) is 36.4 Å². The highest BCUT2D eigenvalue weighted by molar-refractivity contribution is 7.18. The Morgan fingerprint density at radius 1 is 0.917 bits per heavy atom. The average Bonchev–Trinajstić information content (AvgIpc) is 3.46. The number of nitrogens with zero attached hydrogens (tertiary/aromatic N) is 4. The average molecular weight is 493 g/mol. The molecule has 0 bridgehead atoms. The van der Waals surface area contributed by atoms with Crippen LogP contribution in [0.1, 0.15) is 22.0 Å². The summed E-state index contributed by atoms with van der Waals surface area (Å²) in [4.78, 5) is 13.2. The monoisotopic (exact) mass is 492 g/mol. The van der Waals surface area contributed by atoms with E-state index in [1.807, 2.05) is 37.3 Å². The third-order valence-electron chi connectivity index (χ3n) is 5.86. The van der Waals surface area contributed by atoms with Gasteiger partial charge in [-0.2, -0.15) is 0 Å². The molecule has 0 spiro atoms. The molecular formula is C29H21FN4OS. The smallest absolute Gasteiger partial charge is 0.140 e. The maximum Gasteiger partial charge on any atom is 0.140 e. The van der Waals surface area contributed by atoms with Crippen LogP contribution in [0, 0.1) is 12.7 Å². The lowest BCUT2D eigenvalue weighted by molar-refractivity contribution is 0.306. The number of hydrogen-bond donors (Lipinski definition) is 0. The van der Waals surface area contributed by atoms with Crippen LogP contribution in [-0.2, 0) is 6.61 Å². The van der Waals surface area contributed by atoms with E-state index in [2.05, 4.69) is 55.9 Å². The molecule has 36 heavy (non-hydrogen) atoms. The number of halogens is 1. The van der Waals surface area contributed by atoms with Crippen LogP contribution in [0.15, 0.2) is 85.2 Å². The summed E-state index contributed by atoms with van der Waals surface area (Å²) in [6.45, 7) is 2.34. The minimum absolute atomic E-state index is 0.280. The number of ether oxygens (including phenoxy) is 1. The Bertz CT molecular complexity index is 1720. The molecule has 0 amide bonds. The van der Waals surface area contributed by atoms with Crippen molar-refractivity contribution >= 4 is 44.7 Å². The highest BCUT2D eigenvalue weighted by Gasteiger charge is 2.09. The summed E-state index contributed by atoms with van der Waals surface area (Å²) in [6, 6.07) is 22.9. The molecule has 0 aliphatic rings. The second-order valence-electron chi connectivity index (χ2n) is 8.36. The predicted molar refractivity (Wildman–Crippen MR) is 143 cm³/mol. The first kappa shape index (κ1) is 22.1. The predicted octanol–water partition coefficient (Wildman–Crippen LogP) is 7.23. The quantitative estimate of drug-likeness (QED) is 0.230. The zero-order valence-corrected chi connectivity index (χ0v) is 20.2. The molecule has 6 rings (SSSR count). The molecule has 0 saturated carbocycles. The number of fused-ring (bicyclic) bond motifs is 2. The van der Waals surface area contributed by atoms with Gasteiger partial charge in [0.05, 0.1) is 21.9 Å². The van der Waals surface area contributed by atoms with E-state index in [9.17, 15) is 4.39 Å². The van der Waals surface area contributed by atoms with Gasteiger partial charge in [0.15, 0.2) is 0 Å². The van der Waals surface area contributed by atoms with Crippen LogP contribution < -0.4 is 4.74 Å². The van der Waals surface area contributed by atoms with Crippen molar-refractivity contribution in [2.24, 2.45) is 0 Å². The zero-order chi connectivity index (χ0) is 24.5. The second-order valence-corrected chi connectivity index (χ2v) is 9.48. The fraction of sp³-hybridized carbons (Fsp3) is 0.0690. The number of aromatic nitrogens is 4. The van der Waals surface area contributed by atoms with Crippen LogP contribution >= 0.6 is 11.3 Å². The van der Waals surface area contributed by atoms with E-state index in [4.69, 9.17) is 4.74 Å². The van der Waals surface area contributed by atoms with Gasteiger partial charge in [0, 0.05) is 18.0 Å². The third-order valence-corrected chi connectivity index (χ3v) is 6.87. The van der Waals surface area contributed by atoms with E-state index < -0.39 is 0 Å². The molecule has 6 aromatic rings. The van der Waals surface area contributed by atoms with Crippen molar-refractivity contribution in [1.82, 2.24) is 19.5 Å². The van der Waals surface area contributed by atoms with Crippen molar-refractivity contribution in [3.8, 4) is 11.4 Å². The molecule has 0 unspecified atom stereocenters. The van der Waals surface area contributed by atoms with E-state index in [0.717, 1.165) is 49.1 Å². The molecular weight excluding hydrogens is 471 g/mol. The Balaban J connectivity index is 1.15. The summed E-state index contributed by atoms with van der Waals surface area (Å²) >= 11 is 1.51. The second kappa shape index (κ2) is 9.36. The summed E-state index contributed by atoms with van der Waals surface area (Å²) in [7, 11) is 0. The van der Waals surface area contributed by atoms with E-state index in [-0.39, 0.29) is 5.82 Å². The Morgan fingerprint density at radius 3 is 2.67 bits per heavy atom. The van der Waals surface area contributed by atoms with Crippen LogP contribution in [0.25, 0.3) is 39.1 Å². The molecule has 0 N–H and O–H groups in total. The zero-order valence-electron chi connectivity index (χ0n) is 19.4. The number of benzene rings is 3. The number of aryl methyl sites for hydroxylation is 1. The molecule has 0 aliphatic carbocycles. The lowest BCUT2D eigenvalue weighted by atomic mass is 10.1. The number of hydrogen-bond acceptors (Lipinski definition) is 5. The van der Waals surface area contributed by atoms with E-state index in [1.54, 1.807) is 18.5 Å². The molecule has 7 heteroatoms. The number of thiazole rings is 1. The van der Waals surface area contributed by atoms with Gasteiger partial charge in [-0.15, -0.1) is 11.3 Å². The maximum atomic E-state index is 13.4. The molecule has 3 aromatic carbocycles. The first-order chi connectivity index (χ1) is 17.6. The number of pyridine rings is 1. The molecule has 0 atom stereocenters. The molecule has 3 aromatic heterocycles. The summed E-state index contributed by atoms with van der Waals surface area (Å²) in [5.41, 5.74) is 5.78. The Hall–Kier alpha value is -4.36. The third kappa shape index (κ3) is 4.48. The summed E-state index contributed by atoms with van der Waals surface area (Å²) in [5, 5.41) is 0.814. The van der Waals surface area contributed by atoms with Gasteiger partial charge in [-0.05, 0) is 60.5 Å². The van der Waals surface area contributed by atoms with Gasteiger partial charge in [0.1, 0.15) is 34.5 Å². The van der Waals surface area contributed by atoms with E-state index in [1.165, 1.54) is 23.5 Å². The van der Waals surface area contributed by atoms with Crippen LogP contribution in [0.3, 0.4) is 0 Å². The first-order valence-electron chi connectivity index (χ1n) is 11.5. The fourth-order valence-electron chi connectivity index (χ4n) is 4.17. The minimum Gasteiger partial charge on any atom is -0.486 e. The number of rotatable bonds is 6. The molecule has 0 saturated heterocycles. The molecule has 176 valence electrons. The van der Waals surface area contributed by atoms with Crippen LogP contribution in [0.4, 0.5) is 4.39 Å². The lowest BCUT2D eigenvalue weighted by Crippen LogP contribution is -1.96. The van der Waals surface area contributed by atoms with Crippen molar-refractivity contribution in [2.45, 2.75) is 13.5 Å². The minimum atomic E-state index is -0.280. The molecule has 0 fully saturated rings. The van der Waals surface area contributed by atoms with Crippen LogP contribution in [0.2, 0.25) is 0 Å². The fourth-order valence-corrected chi connectivity index (χ4v) is 5.03. The highest BCUT2D eigenvalue weighted by atomic mass is 32.1. The van der Waals surface area contributed by atoms with Gasteiger partial charge >= 0.3 is 0 Å². The summed E-state index contributed by atoms with van der Waals surface area (Å²) in [5.74, 6) is 1.41. The van der Waals surface area contributed by atoms with Gasteiger partial charge < -0.3 is 4.74 Å². The van der Waals surface area contributed by atoms with Crippen molar-refractivity contribution in [3.05, 3.63) is 113 Å². The summed E-state index contributed by atoms with van der Waals surface area (Å²) in [6.07, 6.45) is 7.71. The van der Waals surface area contributed by atoms with E-state index >= 15 is 0 Å². The van der Waals surface area contributed by atoms with Gasteiger partial charge in [0.25, 0.3) is 0 Å². The van der Waals surface area contributed by atoms with E-state index in [0.29, 0.717) is 12.1 Å². The lowest BCUT2D eigenvalue weighted by Gasteiger charge is -2.07. The SMILES string of the molecule is Cc1nc2cnccc2n1-c1ccc(C=Cc2cccc(OCc3nc4cc(F)ccc4s3)c2)cc1. The Labute approximate surface area is 211 Å². The van der Waals surface area contributed by atoms with Crippen molar-refractivity contribution in [1.29, 1.82) is 0 Å². The van der Waals surface area contributed by atoms with Gasteiger partial charge in [-0.3, -0.25) is 9.55 Å². The standard InChI is InChI=1S/C29H21FN4OS/c1-19-32-26-17-31-14-13-27(26)34(19)23-10-7-20(8-11-23)5-6-21-3-2-4-24(15-21)35-18-29-33-25-16-22(30)9-12-28(25)36-29/h2-17H,18H2,1H3. The largest absolute Gasteiger partial charge is 0.486 e. The van der Waals surface area contributed by atoms with Crippen molar-refractivity contribution < 1.29 is 9.13 Å². The summed E-state index contributed by atoms with van der Waals surface area (Å²) < 4.78 is 22.5. The topological polar surface area (TPSA) is 52.8 Å². The molecule has 0 radical (unpaired) electrons.